The number of unbranched alkanes of at least 4 members (excludes halogenated alkanes) is 8. The molecule has 0 bridgehead atoms. The van der Waals surface area contributed by atoms with Gasteiger partial charge in [0.25, 0.3) is 11.8 Å². The summed E-state index contributed by atoms with van der Waals surface area (Å²) in [6.45, 7) is 10.4. The minimum atomic E-state index is -1.07. The molecule has 5 amide bonds. The largest absolute Gasteiger partial charge is 0.491 e. The molecule has 2 N–H and O–H groups in total. The Morgan fingerprint density at radius 2 is 1.09 bits per heavy atom. The number of rotatable bonds is 41. The number of imide groups is 2. The Kier molecular flexibility index (Phi) is 28.8. The first-order chi connectivity index (χ1) is 32.9. The topological polar surface area (TPSA) is 196 Å². The number of anilines is 1. The molecule has 374 valence electrons. The first kappa shape index (κ1) is 55.3. The van der Waals surface area contributed by atoms with Crippen molar-refractivity contribution in [1.82, 2.24) is 10.2 Å². The number of amides is 5. The van der Waals surface area contributed by atoms with Crippen LogP contribution in [0.15, 0.2) is 42.5 Å². The van der Waals surface area contributed by atoms with Crippen LogP contribution in [0.3, 0.4) is 0 Å². The molecule has 67 heavy (non-hydrogen) atoms. The van der Waals surface area contributed by atoms with Gasteiger partial charge in [-0.25, -0.2) is 0 Å². The smallest absolute Gasteiger partial charge is 0.264 e. The summed E-state index contributed by atoms with van der Waals surface area (Å²) in [7, 11) is 0. The number of fused-ring (bicyclic) bond motifs is 1. The summed E-state index contributed by atoms with van der Waals surface area (Å²) in [5.41, 5.74) is 1.75. The van der Waals surface area contributed by atoms with Crippen LogP contribution in [0.4, 0.5) is 5.69 Å². The third-order valence-corrected chi connectivity index (χ3v) is 11.0. The highest BCUT2D eigenvalue weighted by molar-refractivity contribution is 6.26. The van der Waals surface area contributed by atoms with Gasteiger partial charge in [-0.3, -0.25) is 34.2 Å². The van der Waals surface area contributed by atoms with Crippen molar-refractivity contribution in [3.63, 3.8) is 0 Å². The monoisotopic (exact) mass is 942 g/mol. The molecule has 1 fully saturated rings. The molecule has 0 spiro atoms. The van der Waals surface area contributed by atoms with Crippen LogP contribution < -0.4 is 15.4 Å². The van der Waals surface area contributed by atoms with Gasteiger partial charge in [-0.15, -0.1) is 0 Å². The zero-order valence-electron chi connectivity index (χ0n) is 39.7. The minimum absolute atomic E-state index is 0.0286. The van der Waals surface area contributed by atoms with E-state index in [0.29, 0.717) is 119 Å². The number of piperidine rings is 1. The predicted molar refractivity (Wildman–Crippen MR) is 250 cm³/mol. The average Bonchev–Trinajstić information content (AvgIpc) is 3.58. The number of ether oxygens (including phenoxy) is 9. The van der Waals surface area contributed by atoms with Crippen LogP contribution in [0.5, 0.6) is 5.75 Å². The third-order valence-electron chi connectivity index (χ3n) is 11.0. The molecule has 17 heteroatoms. The second-order valence-electron chi connectivity index (χ2n) is 16.3. The summed E-state index contributed by atoms with van der Waals surface area (Å²) in [5, 5.41) is 4.92. The fourth-order valence-corrected chi connectivity index (χ4v) is 7.40. The van der Waals surface area contributed by atoms with Crippen molar-refractivity contribution in [3.8, 4) is 5.75 Å². The van der Waals surface area contributed by atoms with Crippen molar-refractivity contribution < 1.29 is 66.6 Å². The Hall–Kier alpha value is -4.33. The van der Waals surface area contributed by atoms with Crippen molar-refractivity contribution >= 4 is 35.2 Å². The van der Waals surface area contributed by atoms with Crippen LogP contribution in [-0.4, -0.2) is 153 Å². The quantitative estimate of drug-likeness (QED) is 0.0574. The van der Waals surface area contributed by atoms with Crippen LogP contribution in [0.2, 0.25) is 0 Å². The van der Waals surface area contributed by atoms with Crippen molar-refractivity contribution in [2.75, 3.05) is 118 Å². The summed E-state index contributed by atoms with van der Waals surface area (Å²) < 4.78 is 50.2. The van der Waals surface area contributed by atoms with Gasteiger partial charge in [0.2, 0.25) is 17.7 Å². The van der Waals surface area contributed by atoms with Gasteiger partial charge >= 0.3 is 0 Å². The lowest BCUT2D eigenvalue weighted by molar-refractivity contribution is -0.136. The van der Waals surface area contributed by atoms with Crippen LogP contribution in [0.25, 0.3) is 0 Å². The van der Waals surface area contributed by atoms with E-state index >= 15 is 0 Å². The molecule has 0 radical (unpaired) electrons. The fraction of sp³-hybridized carbons (Fsp3) is 0.660. The molecule has 1 unspecified atom stereocenters. The Balaban J connectivity index is 0.821. The third kappa shape index (κ3) is 22.6. The van der Waals surface area contributed by atoms with E-state index in [2.05, 4.69) is 29.7 Å². The number of hydrogen-bond donors (Lipinski definition) is 2. The molecule has 0 aromatic heterocycles. The van der Waals surface area contributed by atoms with Gasteiger partial charge in [0, 0.05) is 19.4 Å². The Labute approximate surface area is 396 Å². The van der Waals surface area contributed by atoms with E-state index in [-0.39, 0.29) is 42.0 Å². The summed E-state index contributed by atoms with van der Waals surface area (Å²) >= 11 is 0. The van der Waals surface area contributed by atoms with Crippen LogP contribution in [-0.2, 0) is 58.7 Å². The number of benzene rings is 2. The van der Waals surface area contributed by atoms with Gasteiger partial charge in [-0.05, 0) is 61.9 Å². The Bertz CT molecular complexity index is 1730. The maximum absolute atomic E-state index is 13.2. The zero-order valence-corrected chi connectivity index (χ0v) is 39.7. The number of carbonyl (C=O) groups is 5. The molecule has 2 heterocycles. The van der Waals surface area contributed by atoms with Gasteiger partial charge in [0.1, 0.15) is 18.4 Å². The van der Waals surface area contributed by atoms with Crippen molar-refractivity contribution in [3.05, 3.63) is 59.2 Å². The van der Waals surface area contributed by atoms with E-state index in [9.17, 15) is 24.0 Å². The van der Waals surface area contributed by atoms with E-state index in [1.54, 1.807) is 12.1 Å². The molecule has 2 aromatic rings. The Morgan fingerprint density at radius 1 is 0.582 bits per heavy atom. The molecule has 1 saturated heterocycles. The second-order valence-corrected chi connectivity index (χ2v) is 16.3. The van der Waals surface area contributed by atoms with Gasteiger partial charge in [-0.2, -0.15) is 0 Å². The summed E-state index contributed by atoms with van der Waals surface area (Å²) in [5.74, 6) is -1.84. The molecule has 2 aliphatic heterocycles. The lowest BCUT2D eigenvalue weighted by atomic mass is 10.0. The van der Waals surface area contributed by atoms with Crippen LogP contribution >= 0.6 is 0 Å². The van der Waals surface area contributed by atoms with Crippen molar-refractivity contribution in [1.29, 1.82) is 0 Å². The van der Waals surface area contributed by atoms with Crippen molar-refractivity contribution in [2.24, 2.45) is 0 Å². The molecule has 2 aliphatic rings. The first-order valence-electron chi connectivity index (χ1n) is 24.4. The van der Waals surface area contributed by atoms with E-state index in [4.69, 9.17) is 42.6 Å². The molecule has 4 rings (SSSR count). The molecule has 17 nitrogen and oxygen atoms in total. The summed E-state index contributed by atoms with van der Waals surface area (Å²) in [6, 6.07) is 12.0. The maximum atomic E-state index is 13.2. The van der Waals surface area contributed by atoms with E-state index in [1.165, 1.54) is 56.6 Å². The van der Waals surface area contributed by atoms with Crippen molar-refractivity contribution in [2.45, 2.75) is 103 Å². The summed E-state index contributed by atoms with van der Waals surface area (Å²) in [4.78, 5) is 63.7. The molecule has 1 atom stereocenters. The molecule has 0 aliphatic carbocycles. The molecular weight excluding hydrogens is 867 g/mol. The molecular formula is C50H75N3O14. The van der Waals surface area contributed by atoms with Crippen LogP contribution in [0, 0.1) is 0 Å². The highest BCUT2D eigenvalue weighted by atomic mass is 16.6. The second kappa shape index (κ2) is 34.9. The highest BCUT2D eigenvalue weighted by Crippen LogP contribution is 2.32. The number of aryl methyl sites for hydroxylation is 1. The number of carbonyl (C=O) groups excluding carboxylic acids is 5. The normalized spacial score (nSPS) is 14.8. The van der Waals surface area contributed by atoms with Gasteiger partial charge < -0.3 is 47.9 Å². The maximum Gasteiger partial charge on any atom is 0.264 e. The fourth-order valence-electron chi connectivity index (χ4n) is 7.40. The number of hydrogen-bond acceptors (Lipinski definition) is 14. The van der Waals surface area contributed by atoms with E-state index < -0.39 is 29.7 Å². The first-order valence-corrected chi connectivity index (χ1v) is 24.4. The van der Waals surface area contributed by atoms with E-state index in [0.717, 1.165) is 29.9 Å². The lowest BCUT2D eigenvalue weighted by Crippen LogP contribution is -2.54. The van der Waals surface area contributed by atoms with Gasteiger partial charge in [0.05, 0.1) is 116 Å². The van der Waals surface area contributed by atoms with E-state index in [1.807, 2.05) is 12.1 Å². The number of nitrogens with one attached hydrogen (secondary N) is 2. The predicted octanol–water partition coefficient (Wildman–Crippen LogP) is 6.09. The van der Waals surface area contributed by atoms with Gasteiger partial charge in [0.15, 0.2) is 0 Å². The SMILES string of the molecule is CCCCCCCCCc1ccc(OCCOCCOCCOCCOCCOCCOCCOCCOCCCCCC(=O)Nc2cccc3c2C(=O)N(C2CCC(=O)NC2=O)C3=O)cc1. The lowest BCUT2D eigenvalue weighted by Gasteiger charge is -2.27. The highest BCUT2D eigenvalue weighted by Gasteiger charge is 2.45. The van der Waals surface area contributed by atoms with Crippen LogP contribution in [0.1, 0.15) is 117 Å². The Morgan fingerprint density at radius 3 is 1.64 bits per heavy atom. The molecule has 2 aromatic carbocycles. The zero-order chi connectivity index (χ0) is 47.6. The summed E-state index contributed by atoms with van der Waals surface area (Å²) in [6.07, 6.45) is 12.9. The average molecular weight is 942 g/mol. The standard InChI is InChI=1S/C50H75N3O14/c1-2-3-4-5-6-7-9-13-40-17-19-41(20-18-40)67-39-38-66-37-36-65-35-34-64-33-32-63-31-30-62-29-28-61-27-26-60-25-24-59-23-11-8-10-16-45(54)51-43-15-12-14-42-47(43)50(58)53(49(42)57)44-21-22-46(55)52-48(44)56/h12,14-15,17-20,44H,2-11,13,16,21-39H2,1H3,(H,51,54)(H,52,55,56). The molecule has 0 saturated carbocycles. The number of nitrogens with zero attached hydrogens (tertiary/aromatic N) is 1. The van der Waals surface area contributed by atoms with Gasteiger partial charge in [-0.1, -0.05) is 70.1 Å². The minimum Gasteiger partial charge on any atom is -0.491 e.